The Bertz CT molecular complexity index is 977. The number of aromatic nitrogens is 2. The molecule has 3 unspecified atom stereocenters. The van der Waals surface area contributed by atoms with Crippen molar-refractivity contribution in [3.05, 3.63) is 39.4 Å². The molecule has 6 heteroatoms. The zero-order valence-corrected chi connectivity index (χ0v) is 16.4. The maximum atomic E-state index is 14.6. The van der Waals surface area contributed by atoms with E-state index in [1.807, 2.05) is 38.4 Å². The fraction of sp³-hybridized carbons (Fsp3) is 0.500. The van der Waals surface area contributed by atoms with Crippen molar-refractivity contribution in [2.24, 2.45) is 10.9 Å². The molecule has 2 heterocycles. The largest absolute Gasteiger partial charge is 0.373 e. The van der Waals surface area contributed by atoms with Crippen LogP contribution in [0.5, 0.6) is 0 Å². The molecule has 4 rings (SSSR count). The molecule has 3 aliphatic rings. The minimum Gasteiger partial charge on any atom is -0.373 e. The lowest BCUT2D eigenvalue weighted by Crippen LogP contribution is -2.37. The zero-order chi connectivity index (χ0) is 19.7. The monoisotopic (exact) mass is 384 g/mol. The van der Waals surface area contributed by atoms with Crippen LogP contribution in [0.4, 0.5) is 14.6 Å². The van der Waals surface area contributed by atoms with Gasteiger partial charge in [-0.1, -0.05) is 24.6 Å². The predicted octanol–water partition coefficient (Wildman–Crippen LogP) is 3.35. The lowest BCUT2D eigenvalue weighted by atomic mass is 9.84. The van der Waals surface area contributed by atoms with Crippen LogP contribution in [0.3, 0.4) is 0 Å². The molecule has 0 saturated heterocycles. The minimum atomic E-state index is -1.53. The second kappa shape index (κ2) is 7.94. The summed E-state index contributed by atoms with van der Waals surface area (Å²) in [5.74, 6) is 0.785. The Balaban J connectivity index is 1.79. The van der Waals surface area contributed by atoms with Gasteiger partial charge < -0.3 is 5.32 Å². The third kappa shape index (κ3) is 3.52. The molecule has 0 amide bonds. The van der Waals surface area contributed by atoms with Crippen LogP contribution in [0.25, 0.3) is 12.2 Å². The van der Waals surface area contributed by atoms with Gasteiger partial charge in [0.05, 0.1) is 11.3 Å². The lowest BCUT2D eigenvalue weighted by Gasteiger charge is -2.24. The summed E-state index contributed by atoms with van der Waals surface area (Å²) in [6.45, 7) is 2.84. The number of hydrogen-bond donors (Lipinski definition) is 1. The molecule has 0 saturated carbocycles. The van der Waals surface area contributed by atoms with Gasteiger partial charge in [0, 0.05) is 37.4 Å². The van der Waals surface area contributed by atoms with Crippen LogP contribution in [0.1, 0.15) is 50.8 Å². The van der Waals surface area contributed by atoms with Crippen molar-refractivity contribution in [2.75, 3.05) is 18.9 Å². The van der Waals surface area contributed by atoms with E-state index >= 15 is 0 Å². The van der Waals surface area contributed by atoms with E-state index in [9.17, 15) is 8.78 Å². The molecule has 0 aromatic carbocycles. The van der Waals surface area contributed by atoms with Crippen LogP contribution in [0, 0.1) is 5.92 Å². The number of halogens is 2. The summed E-state index contributed by atoms with van der Waals surface area (Å²) >= 11 is 0. The fourth-order valence-electron chi connectivity index (χ4n) is 4.16. The first kappa shape index (κ1) is 19.0. The summed E-state index contributed by atoms with van der Waals surface area (Å²) in [7, 11) is 1.84. The number of hydrogen-bond acceptors (Lipinski definition) is 4. The normalized spacial score (nSPS) is 26.9. The highest BCUT2D eigenvalue weighted by Crippen LogP contribution is 2.35. The fourth-order valence-corrected chi connectivity index (χ4v) is 4.16. The number of aliphatic imine (C=N–C) groups is 1. The number of alkyl halides is 1. The molecule has 2 aliphatic carbocycles. The molecule has 0 fully saturated rings. The van der Waals surface area contributed by atoms with Crippen LogP contribution in [-0.2, 0) is 0 Å². The quantitative estimate of drug-likeness (QED) is 0.866. The number of anilines is 1. The summed E-state index contributed by atoms with van der Waals surface area (Å²) in [5, 5.41) is 4.88. The van der Waals surface area contributed by atoms with E-state index in [-0.39, 0.29) is 18.3 Å². The standard InChI is InChI=1S/C22H26F2N4/c1-3-13-9-17(20(24)18(23)10-13)14-6-7-16-19(11-14)27-21(28-22(16)25-2)15-5-4-8-26-12-15/h7,9,11-12,14-15,18H,3-6,8,10H2,1-2H3,(H,25,27,28). The van der Waals surface area contributed by atoms with E-state index in [2.05, 4.69) is 10.3 Å². The second-order valence-corrected chi connectivity index (χ2v) is 7.63. The van der Waals surface area contributed by atoms with E-state index in [4.69, 9.17) is 9.97 Å². The third-order valence-electron chi connectivity index (χ3n) is 5.79. The van der Waals surface area contributed by atoms with E-state index < -0.39 is 12.0 Å². The maximum absolute atomic E-state index is 14.6. The van der Waals surface area contributed by atoms with Crippen LogP contribution < -0.4 is 15.9 Å². The Labute approximate surface area is 163 Å². The molecule has 0 bridgehead atoms. The molecule has 1 aliphatic heterocycles. The van der Waals surface area contributed by atoms with E-state index in [1.54, 1.807) is 0 Å². The topological polar surface area (TPSA) is 50.2 Å². The molecule has 148 valence electrons. The van der Waals surface area contributed by atoms with Crippen molar-refractivity contribution in [1.82, 2.24) is 9.97 Å². The van der Waals surface area contributed by atoms with Gasteiger partial charge in [0.2, 0.25) is 0 Å². The lowest BCUT2D eigenvalue weighted by molar-refractivity contribution is 0.312. The second-order valence-electron chi connectivity index (χ2n) is 7.63. The highest BCUT2D eigenvalue weighted by molar-refractivity contribution is 5.67. The van der Waals surface area contributed by atoms with Gasteiger partial charge in [-0.25, -0.2) is 18.7 Å². The van der Waals surface area contributed by atoms with Crippen molar-refractivity contribution in [3.63, 3.8) is 0 Å². The Morgan fingerprint density at radius 2 is 2.11 bits per heavy atom. The summed E-state index contributed by atoms with van der Waals surface area (Å²) in [5.41, 5.74) is 1.42. The Hall–Kier alpha value is -2.37. The van der Waals surface area contributed by atoms with Gasteiger partial charge in [0.15, 0.2) is 6.17 Å². The average molecular weight is 384 g/mol. The van der Waals surface area contributed by atoms with Gasteiger partial charge in [-0.15, -0.1) is 0 Å². The Morgan fingerprint density at radius 3 is 2.82 bits per heavy atom. The van der Waals surface area contributed by atoms with E-state index in [0.717, 1.165) is 53.6 Å². The summed E-state index contributed by atoms with van der Waals surface area (Å²) < 4.78 is 28.8. The number of nitrogens with one attached hydrogen (secondary N) is 1. The first-order valence-electron chi connectivity index (χ1n) is 10.1. The molecule has 1 aromatic rings. The van der Waals surface area contributed by atoms with Gasteiger partial charge >= 0.3 is 0 Å². The predicted molar refractivity (Wildman–Crippen MR) is 109 cm³/mol. The number of fused-ring (bicyclic) bond motifs is 1. The molecular formula is C22H26F2N4. The van der Waals surface area contributed by atoms with Crippen LogP contribution in [0.15, 0.2) is 28.0 Å². The minimum absolute atomic E-state index is 0.104. The van der Waals surface area contributed by atoms with Crippen molar-refractivity contribution < 1.29 is 8.78 Å². The molecular weight excluding hydrogens is 358 g/mol. The number of allylic oxidation sites excluding steroid dienone is 4. The smallest absolute Gasteiger partial charge is 0.155 e. The van der Waals surface area contributed by atoms with E-state index in [0.29, 0.717) is 12.0 Å². The highest BCUT2D eigenvalue weighted by Gasteiger charge is 2.28. The van der Waals surface area contributed by atoms with Crippen molar-refractivity contribution in [1.29, 1.82) is 0 Å². The Kier molecular flexibility index (Phi) is 5.38. The van der Waals surface area contributed by atoms with Crippen molar-refractivity contribution in [2.45, 2.75) is 51.1 Å². The van der Waals surface area contributed by atoms with Gasteiger partial charge in [0.25, 0.3) is 0 Å². The average Bonchev–Trinajstić information content (AvgIpc) is 2.74. The number of nitrogens with zero attached hydrogens (tertiary/aromatic N) is 3. The van der Waals surface area contributed by atoms with Gasteiger partial charge in [-0.05, 0) is 37.3 Å². The third-order valence-corrected chi connectivity index (χ3v) is 5.79. The summed E-state index contributed by atoms with van der Waals surface area (Å²) in [6.07, 6.45) is 9.76. The number of rotatable bonds is 4. The van der Waals surface area contributed by atoms with Crippen LogP contribution in [0.2, 0.25) is 0 Å². The van der Waals surface area contributed by atoms with Gasteiger partial charge in [-0.2, -0.15) is 0 Å². The van der Waals surface area contributed by atoms with Crippen LogP contribution in [-0.4, -0.2) is 35.9 Å². The van der Waals surface area contributed by atoms with Gasteiger partial charge in [0.1, 0.15) is 17.5 Å². The SMILES string of the molecule is CCC1=CC(C2C=c3nc(C4C=NCCC4)nc(NC)c3=CC2)=C(F)C(F)C1. The van der Waals surface area contributed by atoms with Crippen molar-refractivity contribution in [3.8, 4) is 0 Å². The van der Waals surface area contributed by atoms with Gasteiger partial charge in [-0.3, -0.25) is 4.99 Å². The first-order chi connectivity index (χ1) is 13.6. The molecule has 1 aromatic heterocycles. The first-order valence-corrected chi connectivity index (χ1v) is 10.1. The van der Waals surface area contributed by atoms with Crippen molar-refractivity contribution >= 4 is 24.2 Å². The molecule has 4 nitrogen and oxygen atoms in total. The highest BCUT2D eigenvalue weighted by atomic mass is 19.2. The zero-order valence-electron chi connectivity index (χ0n) is 16.4. The molecule has 1 N–H and O–H groups in total. The Morgan fingerprint density at radius 1 is 1.25 bits per heavy atom. The molecule has 28 heavy (non-hydrogen) atoms. The van der Waals surface area contributed by atoms with E-state index in [1.165, 1.54) is 0 Å². The molecule has 0 spiro atoms. The maximum Gasteiger partial charge on any atom is 0.155 e. The summed E-state index contributed by atoms with van der Waals surface area (Å²) in [6, 6.07) is 0. The summed E-state index contributed by atoms with van der Waals surface area (Å²) in [4.78, 5) is 13.9. The van der Waals surface area contributed by atoms with Crippen LogP contribution >= 0.6 is 0 Å². The molecule has 3 atom stereocenters. The molecule has 0 radical (unpaired) electrons.